The Kier molecular flexibility index (Phi) is 5.71. The van der Waals surface area contributed by atoms with Crippen molar-refractivity contribution in [2.75, 3.05) is 5.32 Å². The molecule has 0 saturated heterocycles. The second kappa shape index (κ2) is 8.12. The molecule has 2 atom stereocenters. The summed E-state index contributed by atoms with van der Waals surface area (Å²) >= 11 is 0. The number of anilines is 1. The van der Waals surface area contributed by atoms with Gasteiger partial charge in [-0.2, -0.15) is 0 Å². The van der Waals surface area contributed by atoms with Crippen LogP contribution in [0.2, 0.25) is 0 Å². The highest BCUT2D eigenvalue weighted by Crippen LogP contribution is 2.46. The van der Waals surface area contributed by atoms with Crippen LogP contribution < -0.4 is 10.0 Å². The zero-order valence-electron chi connectivity index (χ0n) is 19.6. The van der Waals surface area contributed by atoms with Crippen molar-refractivity contribution in [3.05, 3.63) is 95.1 Å². The number of carbonyl (C=O) groups is 1. The van der Waals surface area contributed by atoms with Crippen molar-refractivity contribution in [3.8, 4) is 0 Å². The number of para-hydroxylation sites is 1. The van der Waals surface area contributed by atoms with Crippen molar-refractivity contribution in [1.29, 1.82) is 0 Å². The number of fused-ring (bicyclic) bond motifs is 1. The van der Waals surface area contributed by atoms with Gasteiger partial charge in [0.2, 0.25) is 15.9 Å². The SMILES string of the molecule is Cc1ccc(S(=O)(=O)N[C@H](c2ccc(C(C)(C)C)cc2)C2(C)C(=O)Nc3ccccc32)cc1. The molecule has 1 aliphatic rings. The summed E-state index contributed by atoms with van der Waals surface area (Å²) < 4.78 is 29.7. The minimum Gasteiger partial charge on any atom is -0.325 e. The van der Waals surface area contributed by atoms with E-state index < -0.39 is 21.5 Å². The molecule has 4 rings (SSSR count). The molecule has 0 aromatic heterocycles. The number of hydrogen-bond acceptors (Lipinski definition) is 3. The molecule has 3 aromatic rings. The maximum absolute atomic E-state index is 13.4. The van der Waals surface area contributed by atoms with Crippen LogP contribution in [0.4, 0.5) is 5.69 Å². The van der Waals surface area contributed by atoms with Crippen molar-refractivity contribution >= 4 is 21.6 Å². The van der Waals surface area contributed by atoms with Crippen molar-refractivity contribution in [2.24, 2.45) is 0 Å². The number of nitrogens with one attached hydrogen (secondary N) is 2. The van der Waals surface area contributed by atoms with Crippen LogP contribution in [0.5, 0.6) is 0 Å². The van der Waals surface area contributed by atoms with Crippen LogP contribution in [0.1, 0.15) is 56.0 Å². The monoisotopic (exact) mass is 462 g/mol. The van der Waals surface area contributed by atoms with Crippen molar-refractivity contribution in [2.45, 2.75) is 56.4 Å². The van der Waals surface area contributed by atoms with E-state index in [0.29, 0.717) is 5.69 Å². The summed E-state index contributed by atoms with van der Waals surface area (Å²) in [5, 5.41) is 2.93. The number of hydrogen-bond donors (Lipinski definition) is 2. The second-order valence-corrected chi connectivity index (χ2v) is 11.7. The molecule has 0 bridgehead atoms. The van der Waals surface area contributed by atoms with Gasteiger partial charge < -0.3 is 5.32 Å². The molecular weight excluding hydrogens is 432 g/mol. The molecule has 5 nitrogen and oxygen atoms in total. The topological polar surface area (TPSA) is 75.3 Å². The van der Waals surface area contributed by atoms with Crippen LogP contribution >= 0.6 is 0 Å². The Morgan fingerprint density at radius 1 is 0.909 bits per heavy atom. The molecule has 1 aliphatic heterocycles. The summed E-state index contributed by atoms with van der Waals surface area (Å²) in [5.41, 5.74) is 3.14. The zero-order valence-corrected chi connectivity index (χ0v) is 20.5. The highest BCUT2D eigenvalue weighted by atomic mass is 32.2. The highest BCUT2D eigenvalue weighted by molar-refractivity contribution is 7.89. The predicted octanol–water partition coefficient (Wildman–Crippen LogP) is 5.22. The Balaban J connectivity index is 1.85. The molecule has 3 aromatic carbocycles. The number of sulfonamides is 1. The first-order valence-corrected chi connectivity index (χ1v) is 12.5. The zero-order chi connectivity index (χ0) is 24.0. The maximum atomic E-state index is 13.4. The van der Waals surface area contributed by atoms with E-state index in [1.165, 1.54) is 0 Å². The van der Waals surface area contributed by atoms with Gasteiger partial charge in [-0.1, -0.05) is 80.9 Å². The summed E-state index contributed by atoms with van der Waals surface area (Å²) in [4.78, 5) is 13.5. The quantitative estimate of drug-likeness (QED) is 0.546. The molecule has 33 heavy (non-hydrogen) atoms. The van der Waals surface area contributed by atoms with Crippen LogP contribution in [0.15, 0.2) is 77.7 Å². The minimum absolute atomic E-state index is 0.0450. The molecule has 172 valence electrons. The fraction of sp³-hybridized carbons (Fsp3) is 0.296. The number of carbonyl (C=O) groups excluding carboxylic acids is 1. The molecule has 6 heteroatoms. The van der Waals surface area contributed by atoms with E-state index in [-0.39, 0.29) is 16.2 Å². The lowest BCUT2D eigenvalue weighted by atomic mass is 9.74. The van der Waals surface area contributed by atoms with E-state index in [0.717, 1.165) is 22.3 Å². The number of amides is 1. The number of rotatable bonds is 5. The molecule has 0 aliphatic carbocycles. The Morgan fingerprint density at radius 2 is 1.52 bits per heavy atom. The van der Waals surface area contributed by atoms with Gasteiger partial charge in [0.25, 0.3) is 0 Å². The van der Waals surface area contributed by atoms with Crippen molar-refractivity contribution < 1.29 is 13.2 Å². The van der Waals surface area contributed by atoms with Gasteiger partial charge in [0.05, 0.1) is 16.4 Å². The minimum atomic E-state index is -3.89. The van der Waals surface area contributed by atoms with Crippen LogP contribution in [0.25, 0.3) is 0 Å². The second-order valence-electron chi connectivity index (χ2n) is 9.94. The van der Waals surface area contributed by atoms with Gasteiger partial charge in [-0.25, -0.2) is 13.1 Å². The molecule has 0 radical (unpaired) electrons. The van der Waals surface area contributed by atoms with E-state index in [4.69, 9.17) is 0 Å². The van der Waals surface area contributed by atoms with E-state index >= 15 is 0 Å². The van der Waals surface area contributed by atoms with E-state index in [9.17, 15) is 13.2 Å². The molecular formula is C27H30N2O3S. The lowest BCUT2D eigenvalue weighted by molar-refractivity contribution is -0.121. The first-order valence-electron chi connectivity index (χ1n) is 11.0. The Bertz CT molecular complexity index is 1290. The third-order valence-electron chi connectivity index (χ3n) is 6.50. The summed E-state index contributed by atoms with van der Waals surface area (Å²) in [7, 11) is -3.89. The van der Waals surface area contributed by atoms with Crippen molar-refractivity contribution in [1.82, 2.24) is 4.72 Å². The fourth-order valence-electron chi connectivity index (χ4n) is 4.34. The molecule has 0 saturated carbocycles. The Labute approximate surface area is 196 Å². The molecule has 1 heterocycles. The summed E-state index contributed by atoms with van der Waals surface area (Å²) in [6, 6.07) is 21.2. The smallest absolute Gasteiger partial charge is 0.241 e. The van der Waals surface area contributed by atoms with Gasteiger partial charge in [0, 0.05) is 5.69 Å². The standard InChI is InChI=1S/C27H30N2O3S/c1-18-10-16-21(17-11-18)33(31,32)29-24(19-12-14-20(15-13-19)26(2,3)4)27(5)22-8-6-7-9-23(22)28-25(27)30/h6-17,24,29H,1-5H3,(H,28,30)/t24-,27?/m1/s1. The summed E-state index contributed by atoms with van der Waals surface area (Å²) in [6.45, 7) is 10.1. The Morgan fingerprint density at radius 3 is 2.12 bits per heavy atom. The van der Waals surface area contributed by atoms with Gasteiger partial charge in [-0.05, 0) is 54.2 Å². The molecule has 0 fully saturated rings. The average Bonchev–Trinajstić information content (AvgIpc) is 3.03. The Hall–Kier alpha value is -2.96. The lowest BCUT2D eigenvalue weighted by Crippen LogP contribution is -2.46. The number of benzene rings is 3. The average molecular weight is 463 g/mol. The first-order chi connectivity index (χ1) is 15.4. The maximum Gasteiger partial charge on any atom is 0.241 e. The van der Waals surface area contributed by atoms with Crippen LogP contribution in [-0.4, -0.2) is 14.3 Å². The van der Waals surface area contributed by atoms with Gasteiger partial charge in [0.15, 0.2) is 0 Å². The molecule has 2 N–H and O–H groups in total. The normalized spacial score (nSPS) is 19.1. The largest absolute Gasteiger partial charge is 0.325 e. The molecule has 0 spiro atoms. The van der Waals surface area contributed by atoms with Crippen molar-refractivity contribution in [3.63, 3.8) is 0 Å². The third kappa shape index (κ3) is 4.21. The van der Waals surface area contributed by atoms with E-state index in [2.05, 4.69) is 30.8 Å². The van der Waals surface area contributed by atoms with Crippen LogP contribution in [0, 0.1) is 6.92 Å². The summed E-state index contributed by atoms with van der Waals surface area (Å²) in [5.74, 6) is -0.236. The van der Waals surface area contributed by atoms with Crippen LogP contribution in [-0.2, 0) is 25.6 Å². The molecule has 1 unspecified atom stereocenters. The highest BCUT2D eigenvalue weighted by Gasteiger charge is 2.50. The van der Waals surface area contributed by atoms with Gasteiger partial charge >= 0.3 is 0 Å². The first kappa shape index (κ1) is 23.2. The van der Waals surface area contributed by atoms with Crippen LogP contribution in [0.3, 0.4) is 0 Å². The van der Waals surface area contributed by atoms with Gasteiger partial charge in [-0.3, -0.25) is 4.79 Å². The predicted molar refractivity (Wildman–Crippen MR) is 132 cm³/mol. The van der Waals surface area contributed by atoms with E-state index in [1.807, 2.05) is 55.5 Å². The fourth-order valence-corrected chi connectivity index (χ4v) is 5.65. The van der Waals surface area contributed by atoms with E-state index in [1.54, 1.807) is 31.2 Å². The van der Waals surface area contributed by atoms with Gasteiger partial charge in [0.1, 0.15) is 0 Å². The summed E-state index contributed by atoms with van der Waals surface area (Å²) in [6.07, 6.45) is 0. The number of aryl methyl sites for hydroxylation is 1. The molecule has 1 amide bonds. The lowest BCUT2D eigenvalue weighted by Gasteiger charge is -2.34. The van der Waals surface area contributed by atoms with Gasteiger partial charge in [-0.15, -0.1) is 0 Å². The third-order valence-corrected chi connectivity index (χ3v) is 7.94.